The Labute approximate surface area is 101 Å². The average molecular weight is 231 g/mol. The number of fused-ring (bicyclic) bond motifs is 1. The van der Waals surface area contributed by atoms with Gasteiger partial charge in [0.05, 0.1) is 0 Å². The van der Waals surface area contributed by atoms with Crippen molar-refractivity contribution in [2.75, 3.05) is 14.1 Å². The van der Waals surface area contributed by atoms with Gasteiger partial charge in [-0.15, -0.1) is 0 Å². The smallest absolute Gasteiger partial charge is 0.273 e. The minimum atomic E-state index is -0.0696. The van der Waals surface area contributed by atoms with Crippen molar-refractivity contribution in [3.8, 4) is 0 Å². The van der Waals surface area contributed by atoms with E-state index >= 15 is 0 Å². The summed E-state index contributed by atoms with van der Waals surface area (Å²) >= 11 is 0. The van der Waals surface area contributed by atoms with Crippen molar-refractivity contribution in [3.05, 3.63) is 35.8 Å². The Kier molecular flexibility index (Phi) is 2.88. The highest BCUT2D eigenvalue weighted by atomic mass is 16.2. The Morgan fingerprint density at radius 1 is 1.29 bits per heavy atom. The van der Waals surface area contributed by atoms with Gasteiger partial charge in [0.2, 0.25) is 0 Å². The van der Waals surface area contributed by atoms with Crippen LogP contribution in [-0.2, 0) is 0 Å². The van der Waals surface area contributed by atoms with Gasteiger partial charge in [-0.3, -0.25) is 4.79 Å². The van der Waals surface area contributed by atoms with Crippen LogP contribution in [0.5, 0.6) is 0 Å². The van der Waals surface area contributed by atoms with Crippen molar-refractivity contribution < 1.29 is 4.79 Å². The lowest BCUT2D eigenvalue weighted by molar-refractivity contribution is 0.0822. The van der Waals surface area contributed by atoms with Crippen LogP contribution < -0.4 is 0 Å². The summed E-state index contributed by atoms with van der Waals surface area (Å²) in [5.41, 5.74) is 2.52. The fourth-order valence-electron chi connectivity index (χ4n) is 1.68. The van der Waals surface area contributed by atoms with Crippen LogP contribution in [0.15, 0.2) is 24.5 Å². The maximum atomic E-state index is 11.8. The SMILES string of the molecule is CC(C)c1ccc2nc(C(=O)N(C)C)cn2c1. The van der Waals surface area contributed by atoms with Gasteiger partial charge >= 0.3 is 0 Å². The Morgan fingerprint density at radius 2 is 2.00 bits per heavy atom. The molecule has 90 valence electrons. The van der Waals surface area contributed by atoms with Gasteiger partial charge in [-0.25, -0.2) is 4.98 Å². The van der Waals surface area contributed by atoms with Crippen molar-refractivity contribution in [2.45, 2.75) is 19.8 Å². The number of hydrogen-bond acceptors (Lipinski definition) is 2. The molecule has 0 saturated heterocycles. The molecule has 0 unspecified atom stereocenters. The second-order valence-corrected chi connectivity index (χ2v) is 4.71. The van der Waals surface area contributed by atoms with Crippen molar-refractivity contribution in [3.63, 3.8) is 0 Å². The van der Waals surface area contributed by atoms with Crippen LogP contribution in [0.25, 0.3) is 5.65 Å². The zero-order valence-electron chi connectivity index (χ0n) is 10.6. The molecule has 4 nitrogen and oxygen atoms in total. The molecule has 0 aliphatic rings. The van der Waals surface area contributed by atoms with Crippen LogP contribution in [0.4, 0.5) is 0 Å². The van der Waals surface area contributed by atoms with E-state index in [2.05, 4.69) is 24.9 Å². The molecule has 0 radical (unpaired) electrons. The molecule has 0 spiro atoms. The van der Waals surface area contributed by atoms with Gasteiger partial charge in [-0.2, -0.15) is 0 Å². The third-order valence-corrected chi connectivity index (χ3v) is 2.77. The van der Waals surface area contributed by atoms with Crippen LogP contribution in [0.2, 0.25) is 0 Å². The molecule has 0 bridgehead atoms. The summed E-state index contributed by atoms with van der Waals surface area (Å²) in [7, 11) is 3.46. The summed E-state index contributed by atoms with van der Waals surface area (Å²) in [6.45, 7) is 4.29. The van der Waals surface area contributed by atoms with E-state index in [1.807, 2.05) is 16.7 Å². The molecule has 2 aromatic rings. The molecule has 0 fully saturated rings. The molecule has 4 heteroatoms. The lowest BCUT2D eigenvalue weighted by Crippen LogP contribution is -2.21. The Balaban J connectivity index is 2.47. The fraction of sp³-hybridized carbons (Fsp3) is 0.385. The number of carbonyl (C=O) groups is 1. The van der Waals surface area contributed by atoms with Crippen LogP contribution in [0, 0.1) is 0 Å². The molecule has 0 aliphatic carbocycles. The van der Waals surface area contributed by atoms with Gasteiger partial charge < -0.3 is 9.30 Å². The summed E-state index contributed by atoms with van der Waals surface area (Å²) in [4.78, 5) is 17.6. The lowest BCUT2D eigenvalue weighted by Gasteiger charge is -2.06. The van der Waals surface area contributed by atoms with Crippen molar-refractivity contribution in [2.24, 2.45) is 0 Å². The van der Waals surface area contributed by atoms with Crippen molar-refractivity contribution >= 4 is 11.6 Å². The highest BCUT2D eigenvalue weighted by molar-refractivity contribution is 5.92. The summed E-state index contributed by atoms with van der Waals surface area (Å²) in [6.07, 6.45) is 3.81. The fourth-order valence-corrected chi connectivity index (χ4v) is 1.68. The minimum Gasteiger partial charge on any atom is -0.343 e. The maximum Gasteiger partial charge on any atom is 0.273 e. The monoisotopic (exact) mass is 231 g/mol. The van der Waals surface area contributed by atoms with E-state index in [9.17, 15) is 4.79 Å². The molecule has 0 atom stereocenters. The van der Waals surface area contributed by atoms with Crippen LogP contribution >= 0.6 is 0 Å². The maximum absolute atomic E-state index is 11.8. The van der Waals surface area contributed by atoms with Gasteiger partial charge in [0.25, 0.3) is 5.91 Å². The molecule has 2 aromatic heterocycles. The highest BCUT2D eigenvalue weighted by Crippen LogP contribution is 2.16. The predicted molar refractivity (Wildman–Crippen MR) is 67.3 cm³/mol. The molecule has 0 aliphatic heterocycles. The number of aromatic nitrogens is 2. The summed E-state index contributed by atoms with van der Waals surface area (Å²) in [5, 5.41) is 0. The van der Waals surface area contributed by atoms with E-state index in [4.69, 9.17) is 0 Å². The molecule has 0 N–H and O–H groups in total. The third-order valence-electron chi connectivity index (χ3n) is 2.77. The van der Waals surface area contributed by atoms with Crippen molar-refractivity contribution in [1.29, 1.82) is 0 Å². The Bertz CT molecular complexity index is 555. The number of pyridine rings is 1. The third kappa shape index (κ3) is 2.16. The molecule has 0 saturated carbocycles. The number of carbonyl (C=O) groups excluding carboxylic acids is 1. The first-order valence-corrected chi connectivity index (χ1v) is 5.69. The number of rotatable bonds is 2. The van der Waals surface area contributed by atoms with E-state index in [-0.39, 0.29) is 5.91 Å². The topological polar surface area (TPSA) is 37.6 Å². The van der Waals surface area contributed by atoms with Gasteiger partial charge in [-0.1, -0.05) is 19.9 Å². The van der Waals surface area contributed by atoms with Gasteiger partial charge in [-0.05, 0) is 17.5 Å². The van der Waals surface area contributed by atoms with Gasteiger partial charge in [0.1, 0.15) is 11.3 Å². The number of hydrogen-bond donors (Lipinski definition) is 0. The van der Waals surface area contributed by atoms with E-state index in [1.54, 1.807) is 20.3 Å². The number of nitrogens with zero attached hydrogens (tertiary/aromatic N) is 3. The van der Waals surface area contributed by atoms with E-state index < -0.39 is 0 Å². The molecular weight excluding hydrogens is 214 g/mol. The standard InChI is InChI=1S/C13H17N3O/c1-9(2)10-5-6-12-14-11(8-16(12)7-10)13(17)15(3)4/h5-9H,1-4H3. The van der Waals surface area contributed by atoms with Gasteiger partial charge in [0, 0.05) is 26.5 Å². The Morgan fingerprint density at radius 3 is 2.59 bits per heavy atom. The summed E-state index contributed by atoms with van der Waals surface area (Å²) in [6, 6.07) is 4.00. The predicted octanol–water partition coefficient (Wildman–Crippen LogP) is 2.16. The zero-order valence-corrected chi connectivity index (χ0v) is 10.6. The normalized spacial score (nSPS) is 11.1. The summed E-state index contributed by atoms with van der Waals surface area (Å²) in [5.74, 6) is 0.398. The van der Waals surface area contributed by atoms with E-state index in [1.165, 1.54) is 10.5 Å². The first-order valence-electron chi connectivity index (χ1n) is 5.69. The van der Waals surface area contributed by atoms with E-state index in [0.29, 0.717) is 11.6 Å². The lowest BCUT2D eigenvalue weighted by atomic mass is 10.1. The number of amides is 1. The first-order chi connectivity index (χ1) is 7.99. The second-order valence-electron chi connectivity index (χ2n) is 4.71. The molecular formula is C13H17N3O. The number of imidazole rings is 1. The summed E-state index contributed by atoms with van der Waals surface area (Å²) < 4.78 is 1.91. The van der Waals surface area contributed by atoms with E-state index in [0.717, 1.165) is 5.65 Å². The Hall–Kier alpha value is -1.84. The first kappa shape index (κ1) is 11.6. The average Bonchev–Trinajstić information content (AvgIpc) is 2.69. The minimum absolute atomic E-state index is 0.0696. The quantitative estimate of drug-likeness (QED) is 0.794. The molecule has 1 amide bonds. The van der Waals surface area contributed by atoms with Crippen molar-refractivity contribution in [1.82, 2.24) is 14.3 Å². The van der Waals surface area contributed by atoms with Gasteiger partial charge in [0.15, 0.2) is 0 Å². The molecule has 2 heterocycles. The molecule has 17 heavy (non-hydrogen) atoms. The van der Waals surface area contributed by atoms with Crippen LogP contribution in [-0.4, -0.2) is 34.3 Å². The highest BCUT2D eigenvalue weighted by Gasteiger charge is 2.12. The second kappa shape index (κ2) is 4.20. The molecule has 2 rings (SSSR count). The molecule has 0 aromatic carbocycles. The van der Waals surface area contributed by atoms with Crippen LogP contribution in [0.3, 0.4) is 0 Å². The largest absolute Gasteiger partial charge is 0.343 e. The van der Waals surface area contributed by atoms with Crippen LogP contribution in [0.1, 0.15) is 35.8 Å². The zero-order chi connectivity index (χ0) is 12.6.